The summed E-state index contributed by atoms with van der Waals surface area (Å²) in [4.78, 5) is 3.65. The van der Waals surface area contributed by atoms with Crippen molar-refractivity contribution in [2.45, 2.75) is 13.1 Å². The number of fused-ring (bicyclic) bond motifs is 1. The zero-order chi connectivity index (χ0) is 13.5. The molecule has 0 fully saturated rings. The zero-order valence-electron chi connectivity index (χ0n) is 9.27. The molecule has 0 radical (unpaired) electrons. The van der Waals surface area contributed by atoms with Gasteiger partial charge in [0.2, 0.25) is 0 Å². The average molecular weight is 320 g/mol. The molecule has 2 aromatic rings. The number of nitrogens with zero attached hydrogens (tertiary/aromatic N) is 1. The summed E-state index contributed by atoms with van der Waals surface area (Å²) in [6, 6.07) is 4.81. The summed E-state index contributed by atoms with van der Waals surface area (Å²) < 4.78 is 39.2. The Labute approximate surface area is 109 Å². The van der Waals surface area contributed by atoms with Gasteiger partial charge < -0.3 is 5.43 Å². The first kappa shape index (κ1) is 13.1. The van der Waals surface area contributed by atoms with E-state index in [1.54, 1.807) is 12.1 Å². The molecule has 0 saturated carbocycles. The number of anilines is 1. The largest absolute Gasteiger partial charge is 0.433 e. The number of aromatic nitrogens is 1. The van der Waals surface area contributed by atoms with Gasteiger partial charge in [-0.05, 0) is 25.1 Å². The summed E-state index contributed by atoms with van der Waals surface area (Å²) in [6.07, 6.45) is -4.50. The molecule has 2 rings (SSSR count). The number of pyridine rings is 1. The number of benzene rings is 1. The topological polar surface area (TPSA) is 50.9 Å². The van der Waals surface area contributed by atoms with Crippen LogP contribution in [0.1, 0.15) is 11.3 Å². The Bertz CT molecular complexity index is 610. The molecule has 0 atom stereocenters. The third-order valence-electron chi connectivity index (χ3n) is 2.60. The second-order valence-electron chi connectivity index (χ2n) is 3.76. The van der Waals surface area contributed by atoms with Gasteiger partial charge in [-0.3, -0.25) is 5.84 Å². The minimum absolute atomic E-state index is 0.0180. The average Bonchev–Trinajstić information content (AvgIpc) is 2.26. The highest BCUT2D eigenvalue weighted by Crippen LogP contribution is 2.37. The van der Waals surface area contributed by atoms with E-state index in [1.165, 1.54) is 13.0 Å². The molecular weight excluding hydrogens is 311 g/mol. The van der Waals surface area contributed by atoms with Crippen molar-refractivity contribution in [3.8, 4) is 0 Å². The van der Waals surface area contributed by atoms with Gasteiger partial charge >= 0.3 is 6.18 Å². The van der Waals surface area contributed by atoms with E-state index in [1.807, 2.05) is 0 Å². The standard InChI is InChI=1S/C11H9BrF3N3/c1-5-9(18-16)7-4-6(12)2-3-8(7)17-10(5)11(13,14)15/h2-4H,16H2,1H3,(H,17,18). The van der Waals surface area contributed by atoms with Crippen LogP contribution in [0, 0.1) is 6.92 Å². The van der Waals surface area contributed by atoms with Gasteiger partial charge in [0, 0.05) is 15.4 Å². The lowest BCUT2D eigenvalue weighted by Gasteiger charge is -2.15. The molecular formula is C11H9BrF3N3. The van der Waals surface area contributed by atoms with E-state index in [0.717, 1.165) is 4.47 Å². The van der Waals surface area contributed by atoms with E-state index in [0.29, 0.717) is 5.39 Å². The smallest absolute Gasteiger partial charge is 0.323 e. The van der Waals surface area contributed by atoms with E-state index in [4.69, 9.17) is 5.84 Å². The van der Waals surface area contributed by atoms with Gasteiger partial charge in [-0.15, -0.1) is 0 Å². The molecule has 18 heavy (non-hydrogen) atoms. The molecule has 1 heterocycles. The number of hydrogen-bond acceptors (Lipinski definition) is 3. The van der Waals surface area contributed by atoms with Gasteiger partial charge in [-0.2, -0.15) is 13.2 Å². The lowest BCUT2D eigenvalue weighted by atomic mass is 10.1. The van der Waals surface area contributed by atoms with Crippen LogP contribution in [0.2, 0.25) is 0 Å². The summed E-state index contributed by atoms with van der Waals surface area (Å²) in [5, 5.41) is 0.539. The summed E-state index contributed by atoms with van der Waals surface area (Å²) in [5.41, 5.74) is 1.84. The molecule has 0 aliphatic carbocycles. The third kappa shape index (κ3) is 2.15. The van der Waals surface area contributed by atoms with E-state index in [2.05, 4.69) is 26.3 Å². The van der Waals surface area contributed by atoms with Crippen molar-refractivity contribution in [2.75, 3.05) is 5.43 Å². The van der Waals surface area contributed by atoms with Crippen LogP contribution in [0.3, 0.4) is 0 Å². The normalized spacial score (nSPS) is 11.9. The van der Waals surface area contributed by atoms with Crippen LogP contribution < -0.4 is 11.3 Å². The van der Waals surface area contributed by atoms with Crippen LogP contribution in [0.5, 0.6) is 0 Å². The molecule has 0 spiro atoms. The third-order valence-corrected chi connectivity index (χ3v) is 3.10. The number of halogens is 4. The maximum absolute atomic E-state index is 12.8. The minimum Gasteiger partial charge on any atom is -0.323 e. The Morgan fingerprint density at radius 3 is 2.56 bits per heavy atom. The van der Waals surface area contributed by atoms with E-state index in [9.17, 15) is 13.2 Å². The van der Waals surface area contributed by atoms with Gasteiger partial charge in [0.05, 0.1) is 11.2 Å². The van der Waals surface area contributed by atoms with Crippen molar-refractivity contribution >= 4 is 32.5 Å². The maximum Gasteiger partial charge on any atom is 0.433 e. The van der Waals surface area contributed by atoms with E-state index in [-0.39, 0.29) is 16.8 Å². The van der Waals surface area contributed by atoms with Crippen LogP contribution in [0.25, 0.3) is 10.9 Å². The molecule has 0 aliphatic rings. The number of nitrogens with one attached hydrogen (secondary N) is 1. The van der Waals surface area contributed by atoms with Crippen molar-refractivity contribution in [1.29, 1.82) is 0 Å². The van der Waals surface area contributed by atoms with E-state index >= 15 is 0 Å². The maximum atomic E-state index is 12.8. The highest BCUT2D eigenvalue weighted by Gasteiger charge is 2.36. The number of nitrogens with two attached hydrogens (primary N) is 1. The second kappa shape index (κ2) is 4.40. The molecule has 96 valence electrons. The van der Waals surface area contributed by atoms with Crippen molar-refractivity contribution < 1.29 is 13.2 Å². The lowest BCUT2D eigenvalue weighted by molar-refractivity contribution is -0.141. The number of alkyl halides is 3. The number of hydrogen-bond donors (Lipinski definition) is 2. The molecule has 0 aliphatic heterocycles. The second-order valence-corrected chi connectivity index (χ2v) is 4.68. The molecule has 3 nitrogen and oxygen atoms in total. The Balaban J connectivity index is 2.87. The van der Waals surface area contributed by atoms with Crippen LogP contribution in [0.4, 0.5) is 18.9 Å². The first-order chi connectivity index (χ1) is 8.34. The number of hydrazine groups is 1. The summed E-state index contributed by atoms with van der Waals surface area (Å²) in [6.45, 7) is 1.34. The fourth-order valence-electron chi connectivity index (χ4n) is 1.79. The Hall–Kier alpha value is -1.34. The monoisotopic (exact) mass is 319 g/mol. The van der Waals surface area contributed by atoms with Gasteiger partial charge in [-0.25, -0.2) is 4.98 Å². The molecule has 1 aromatic heterocycles. The molecule has 0 saturated heterocycles. The Morgan fingerprint density at radius 2 is 2.00 bits per heavy atom. The highest BCUT2D eigenvalue weighted by atomic mass is 79.9. The molecule has 0 unspecified atom stereocenters. The summed E-state index contributed by atoms with van der Waals surface area (Å²) in [5.74, 6) is 5.32. The van der Waals surface area contributed by atoms with Crippen molar-refractivity contribution in [1.82, 2.24) is 4.98 Å². The lowest BCUT2D eigenvalue weighted by Crippen LogP contribution is -2.16. The summed E-state index contributed by atoms with van der Waals surface area (Å²) >= 11 is 3.26. The molecule has 7 heteroatoms. The van der Waals surface area contributed by atoms with E-state index < -0.39 is 11.9 Å². The highest BCUT2D eigenvalue weighted by molar-refractivity contribution is 9.10. The SMILES string of the molecule is Cc1c(C(F)(F)F)nc2ccc(Br)cc2c1NN. The fraction of sp³-hybridized carbons (Fsp3) is 0.182. The summed E-state index contributed by atoms with van der Waals surface area (Å²) in [7, 11) is 0. The quantitative estimate of drug-likeness (QED) is 0.623. The molecule has 3 N–H and O–H groups in total. The minimum atomic E-state index is -4.50. The Morgan fingerprint density at radius 1 is 1.33 bits per heavy atom. The molecule has 1 aromatic carbocycles. The van der Waals surface area contributed by atoms with Gasteiger partial charge in [0.15, 0.2) is 0 Å². The van der Waals surface area contributed by atoms with Gasteiger partial charge in [-0.1, -0.05) is 15.9 Å². The predicted octanol–water partition coefficient (Wildman–Crippen LogP) is 3.61. The predicted molar refractivity (Wildman–Crippen MR) is 67.0 cm³/mol. The number of nitrogen functional groups attached to an aromatic ring is 1. The van der Waals surface area contributed by atoms with Crippen molar-refractivity contribution in [2.24, 2.45) is 5.84 Å². The zero-order valence-corrected chi connectivity index (χ0v) is 10.9. The Kier molecular flexibility index (Phi) is 3.20. The van der Waals surface area contributed by atoms with Crippen molar-refractivity contribution in [3.63, 3.8) is 0 Å². The fourth-order valence-corrected chi connectivity index (χ4v) is 2.15. The molecule has 0 amide bonds. The number of rotatable bonds is 1. The van der Waals surface area contributed by atoms with Crippen LogP contribution in [0.15, 0.2) is 22.7 Å². The van der Waals surface area contributed by atoms with Crippen LogP contribution >= 0.6 is 15.9 Å². The van der Waals surface area contributed by atoms with Crippen molar-refractivity contribution in [3.05, 3.63) is 33.9 Å². The van der Waals surface area contributed by atoms with Crippen LogP contribution in [-0.4, -0.2) is 4.98 Å². The van der Waals surface area contributed by atoms with Crippen LogP contribution in [-0.2, 0) is 6.18 Å². The first-order valence-electron chi connectivity index (χ1n) is 4.98. The van der Waals surface area contributed by atoms with Gasteiger partial charge in [0.1, 0.15) is 5.69 Å². The first-order valence-corrected chi connectivity index (χ1v) is 5.77. The van der Waals surface area contributed by atoms with Gasteiger partial charge in [0.25, 0.3) is 0 Å². The molecule has 0 bridgehead atoms.